The van der Waals surface area contributed by atoms with Crippen molar-refractivity contribution in [2.75, 3.05) is 0 Å². The number of amides is 1. The molecule has 0 aliphatic rings. The topological polar surface area (TPSA) is 147 Å². The molecule has 0 heterocycles. The van der Waals surface area contributed by atoms with E-state index in [1.807, 2.05) is 0 Å². The Kier molecular flexibility index (Phi) is 7.29. The van der Waals surface area contributed by atoms with Crippen LogP contribution >= 0.6 is 0 Å². The van der Waals surface area contributed by atoms with Crippen molar-refractivity contribution in [3.8, 4) is 0 Å². The van der Waals surface area contributed by atoms with Crippen LogP contribution in [0.25, 0.3) is 0 Å². The number of carboxylic acid groups (broad SMARTS) is 2. The highest BCUT2D eigenvalue weighted by molar-refractivity contribution is 5.84. The van der Waals surface area contributed by atoms with Gasteiger partial charge in [-0.05, 0) is 12.8 Å². The molecule has 0 saturated heterocycles. The number of nitrogens with two attached hydrogens (primary N) is 1. The van der Waals surface area contributed by atoms with Gasteiger partial charge in [0.1, 0.15) is 12.1 Å². The summed E-state index contributed by atoms with van der Waals surface area (Å²) in [5.74, 6) is -3.11. The van der Waals surface area contributed by atoms with E-state index in [1.165, 1.54) is 6.29 Å². The molecule has 8 nitrogen and oxygen atoms in total. The number of hydrogen-bond donors (Lipinski definition) is 4. The molecule has 0 fully saturated rings. The Hall–Kier alpha value is -1.96. The van der Waals surface area contributed by atoms with Crippen molar-refractivity contribution in [3.63, 3.8) is 0 Å². The van der Waals surface area contributed by atoms with E-state index in [0.717, 1.165) is 0 Å². The molecule has 1 amide bonds. The summed E-state index contributed by atoms with van der Waals surface area (Å²) < 4.78 is 0. The van der Waals surface area contributed by atoms with Gasteiger partial charge in [-0.3, -0.25) is 14.4 Å². The third-order valence-electron chi connectivity index (χ3n) is 2.17. The molecule has 0 aromatic rings. The fourth-order valence-corrected chi connectivity index (χ4v) is 1.14. The third kappa shape index (κ3) is 6.59. The lowest BCUT2D eigenvalue weighted by molar-refractivity contribution is -0.142. The molecule has 0 spiro atoms. The zero-order valence-electron chi connectivity index (χ0n) is 9.59. The molecule has 1 radical (unpaired) electrons. The van der Waals surface area contributed by atoms with Gasteiger partial charge in [0.25, 0.3) is 0 Å². The Labute approximate surface area is 103 Å². The summed E-state index contributed by atoms with van der Waals surface area (Å²) >= 11 is 0. The van der Waals surface area contributed by atoms with Crippen LogP contribution in [0, 0.1) is 0 Å². The number of hydrogen-bond acceptors (Lipinski definition) is 5. The normalized spacial score (nSPS) is 13.4. The maximum absolute atomic E-state index is 11.3. The van der Waals surface area contributed by atoms with Crippen molar-refractivity contribution in [1.82, 2.24) is 5.32 Å². The van der Waals surface area contributed by atoms with Crippen LogP contribution < -0.4 is 11.1 Å². The third-order valence-corrected chi connectivity index (χ3v) is 2.17. The molecule has 101 valence electrons. The Morgan fingerprint density at radius 1 is 1.17 bits per heavy atom. The predicted octanol–water partition coefficient (Wildman–Crippen LogP) is -1.36. The molecule has 0 aromatic heterocycles. The lowest BCUT2D eigenvalue weighted by atomic mass is 10.1. The molecule has 0 aromatic carbocycles. The van der Waals surface area contributed by atoms with Crippen molar-refractivity contribution in [3.05, 3.63) is 0 Å². The molecule has 0 saturated carbocycles. The molecule has 8 heteroatoms. The first-order valence-electron chi connectivity index (χ1n) is 5.24. The standard InChI is InChI=1S/C10H15N2O6/c11-6(9(15)16)3-4-8(14)12-7(10(17)18)2-1-5-13/h6-7H,1-4,11H2,(H,12,14)(H,15,16)(H,17,18)/t6-,7-/m0/s1. The minimum absolute atomic E-state index is 0.0600. The van der Waals surface area contributed by atoms with E-state index in [1.54, 1.807) is 0 Å². The summed E-state index contributed by atoms with van der Waals surface area (Å²) in [7, 11) is 0. The van der Waals surface area contributed by atoms with Crippen LogP contribution in [0.2, 0.25) is 0 Å². The molecular formula is C10H15N2O6. The van der Waals surface area contributed by atoms with Gasteiger partial charge in [-0.25, -0.2) is 4.79 Å². The van der Waals surface area contributed by atoms with Crippen molar-refractivity contribution in [1.29, 1.82) is 0 Å². The zero-order chi connectivity index (χ0) is 14.1. The van der Waals surface area contributed by atoms with Crippen LogP contribution in [0.1, 0.15) is 25.7 Å². The number of carbonyl (C=O) groups is 3. The second-order valence-electron chi connectivity index (χ2n) is 3.62. The predicted molar refractivity (Wildman–Crippen MR) is 59.3 cm³/mol. The summed E-state index contributed by atoms with van der Waals surface area (Å²) in [6.45, 7) is 0. The molecule has 2 atom stereocenters. The molecule has 5 N–H and O–H groups in total. The summed E-state index contributed by atoms with van der Waals surface area (Å²) in [5.41, 5.74) is 5.19. The van der Waals surface area contributed by atoms with E-state index in [9.17, 15) is 19.2 Å². The molecular weight excluding hydrogens is 244 g/mol. The molecule has 0 rings (SSSR count). The fourth-order valence-electron chi connectivity index (χ4n) is 1.14. The minimum atomic E-state index is -1.26. The van der Waals surface area contributed by atoms with Crippen molar-refractivity contribution >= 4 is 24.1 Å². The monoisotopic (exact) mass is 259 g/mol. The summed E-state index contributed by atoms with van der Waals surface area (Å²) in [6, 6.07) is -2.35. The Morgan fingerprint density at radius 3 is 2.22 bits per heavy atom. The van der Waals surface area contributed by atoms with Crippen molar-refractivity contribution < 1.29 is 29.4 Å². The number of rotatable bonds is 9. The summed E-state index contributed by atoms with van der Waals surface area (Å²) in [5, 5.41) is 19.4. The van der Waals surface area contributed by atoms with Gasteiger partial charge in [0.2, 0.25) is 5.91 Å². The number of aliphatic carboxylic acids is 2. The first-order valence-corrected chi connectivity index (χ1v) is 5.24. The fraction of sp³-hybridized carbons (Fsp3) is 0.600. The summed E-state index contributed by atoms with van der Waals surface area (Å²) in [4.78, 5) is 42.4. The van der Waals surface area contributed by atoms with Crippen LogP contribution in [-0.4, -0.2) is 46.4 Å². The maximum Gasteiger partial charge on any atom is 0.326 e. The van der Waals surface area contributed by atoms with E-state index in [4.69, 9.17) is 15.9 Å². The molecule has 18 heavy (non-hydrogen) atoms. The quantitative estimate of drug-likeness (QED) is 0.399. The Balaban J connectivity index is 4.13. The van der Waals surface area contributed by atoms with E-state index < -0.39 is 29.9 Å². The van der Waals surface area contributed by atoms with Gasteiger partial charge in [0.05, 0.1) is 0 Å². The second kappa shape index (κ2) is 8.18. The minimum Gasteiger partial charge on any atom is -0.480 e. The first kappa shape index (κ1) is 16.0. The van der Waals surface area contributed by atoms with E-state index in [-0.39, 0.29) is 25.7 Å². The largest absolute Gasteiger partial charge is 0.480 e. The van der Waals surface area contributed by atoms with Crippen molar-refractivity contribution in [2.45, 2.75) is 37.8 Å². The number of nitrogens with one attached hydrogen (secondary N) is 1. The number of carboxylic acids is 2. The highest BCUT2D eigenvalue weighted by atomic mass is 16.4. The highest BCUT2D eigenvalue weighted by Crippen LogP contribution is 1.99. The van der Waals surface area contributed by atoms with Crippen molar-refractivity contribution in [2.24, 2.45) is 5.73 Å². The van der Waals surface area contributed by atoms with Crippen LogP contribution in [0.5, 0.6) is 0 Å². The average molecular weight is 259 g/mol. The molecule has 0 bridgehead atoms. The summed E-state index contributed by atoms with van der Waals surface area (Å²) in [6.07, 6.45) is 1.08. The second-order valence-corrected chi connectivity index (χ2v) is 3.62. The van der Waals surface area contributed by atoms with Gasteiger partial charge in [-0.15, -0.1) is 0 Å². The van der Waals surface area contributed by atoms with Gasteiger partial charge >= 0.3 is 11.9 Å². The SMILES string of the molecule is N[C@@H](CCC(=O)N[C@@H](CC[C]=O)C(=O)O)C(=O)O. The van der Waals surface area contributed by atoms with E-state index >= 15 is 0 Å². The Bertz CT molecular complexity index is 330. The highest BCUT2D eigenvalue weighted by Gasteiger charge is 2.20. The van der Waals surface area contributed by atoms with Crippen LogP contribution in [0.3, 0.4) is 0 Å². The van der Waals surface area contributed by atoms with E-state index in [2.05, 4.69) is 5.32 Å². The number of carbonyl (C=O) groups excluding carboxylic acids is 2. The van der Waals surface area contributed by atoms with Gasteiger partial charge in [0, 0.05) is 12.8 Å². The Morgan fingerprint density at radius 2 is 1.78 bits per heavy atom. The average Bonchev–Trinajstić information content (AvgIpc) is 2.30. The molecule has 0 aliphatic heterocycles. The van der Waals surface area contributed by atoms with Crippen LogP contribution in [0.15, 0.2) is 0 Å². The molecule has 0 aliphatic carbocycles. The van der Waals surface area contributed by atoms with Gasteiger partial charge in [-0.1, -0.05) is 0 Å². The van der Waals surface area contributed by atoms with Gasteiger partial charge in [0.15, 0.2) is 6.29 Å². The lowest BCUT2D eigenvalue weighted by Gasteiger charge is -2.13. The lowest BCUT2D eigenvalue weighted by Crippen LogP contribution is -2.41. The van der Waals surface area contributed by atoms with Crippen LogP contribution in [-0.2, 0) is 19.2 Å². The van der Waals surface area contributed by atoms with E-state index in [0.29, 0.717) is 0 Å². The van der Waals surface area contributed by atoms with Gasteiger partial charge < -0.3 is 21.3 Å². The maximum atomic E-state index is 11.3. The zero-order valence-corrected chi connectivity index (χ0v) is 9.59. The first-order chi connectivity index (χ1) is 8.38. The van der Waals surface area contributed by atoms with Crippen LogP contribution in [0.4, 0.5) is 0 Å². The van der Waals surface area contributed by atoms with Gasteiger partial charge in [-0.2, -0.15) is 0 Å². The smallest absolute Gasteiger partial charge is 0.326 e. The molecule has 0 unspecified atom stereocenters.